The van der Waals surface area contributed by atoms with Gasteiger partial charge in [-0.25, -0.2) is 8.42 Å². The van der Waals surface area contributed by atoms with Gasteiger partial charge < -0.3 is 5.32 Å². The lowest BCUT2D eigenvalue weighted by Gasteiger charge is -2.19. The number of sulfonamides is 1. The highest BCUT2D eigenvalue weighted by Gasteiger charge is 2.22. The summed E-state index contributed by atoms with van der Waals surface area (Å²) in [5.74, 6) is -0.414. The Kier molecular flexibility index (Phi) is 5.93. The van der Waals surface area contributed by atoms with E-state index in [0.29, 0.717) is 18.7 Å². The van der Waals surface area contributed by atoms with E-state index in [2.05, 4.69) is 10.3 Å². The molecule has 128 valence electrons. The number of nitrogens with one attached hydrogen (secondary N) is 1. The molecule has 8 heteroatoms. The SMILES string of the molecule is CCN(CC)S(=O)(=O)c1ccc(Cl)c(NC(=O)c2cccnc2)c1. The number of anilines is 1. The number of aromatic nitrogens is 1. The summed E-state index contributed by atoms with van der Waals surface area (Å²) in [4.78, 5) is 16.2. The fourth-order valence-corrected chi connectivity index (χ4v) is 3.81. The van der Waals surface area contributed by atoms with Gasteiger partial charge in [0.25, 0.3) is 5.91 Å². The summed E-state index contributed by atoms with van der Waals surface area (Å²) in [6, 6.07) is 7.49. The van der Waals surface area contributed by atoms with Crippen molar-refractivity contribution in [2.24, 2.45) is 0 Å². The molecule has 0 spiro atoms. The number of halogens is 1. The number of amides is 1. The Morgan fingerprint density at radius 3 is 2.54 bits per heavy atom. The van der Waals surface area contributed by atoms with Crippen molar-refractivity contribution in [1.29, 1.82) is 0 Å². The number of hydrogen-bond acceptors (Lipinski definition) is 4. The molecule has 0 aliphatic carbocycles. The standard InChI is InChI=1S/C16H18ClN3O3S/c1-3-20(4-2)24(22,23)13-7-8-14(17)15(10-13)19-16(21)12-6-5-9-18-11-12/h5-11H,3-4H2,1-2H3,(H,19,21). The van der Waals surface area contributed by atoms with E-state index in [1.165, 1.54) is 28.7 Å². The van der Waals surface area contributed by atoms with E-state index in [1.807, 2.05) is 0 Å². The third kappa shape index (κ3) is 3.92. The van der Waals surface area contributed by atoms with Crippen molar-refractivity contribution in [2.45, 2.75) is 18.7 Å². The average molecular weight is 368 g/mol. The van der Waals surface area contributed by atoms with Gasteiger partial charge in [0.2, 0.25) is 10.0 Å². The molecule has 24 heavy (non-hydrogen) atoms. The van der Waals surface area contributed by atoms with Crippen molar-refractivity contribution < 1.29 is 13.2 Å². The van der Waals surface area contributed by atoms with Crippen LogP contribution in [-0.4, -0.2) is 36.7 Å². The molecule has 1 amide bonds. The van der Waals surface area contributed by atoms with Crippen LogP contribution in [0.2, 0.25) is 5.02 Å². The van der Waals surface area contributed by atoms with Crippen LogP contribution in [0, 0.1) is 0 Å². The number of hydrogen-bond donors (Lipinski definition) is 1. The lowest BCUT2D eigenvalue weighted by Crippen LogP contribution is -2.30. The number of benzene rings is 1. The molecule has 1 heterocycles. The van der Waals surface area contributed by atoms with E-state index in [-0.39, 0.29) is 15.6 Å². The van der Waals surface area contributed by atoms with Gasteiger partial charge in [-0.2, -0.15) is 4.31 Å². The molecule has 0 fully saturated rings. The van der Waals surface area contributed by atoms with Crippen molar-refractivity contribution in [3.8, 4) is 0 Å². The van der Waals surface area contributed by atoms with Gasteiger partial charge in [0.05, 0.1) is 21.2 Å². The fraction of sp³-hybridized carbons (Fsp3) is 0.250. The maximum atomic E-state index is 12.6. The Bertz CT molecular complexity index is 822. The Morgan fingerprint density at radius 1 is 1.25 bits per heavy atom. The lowest BCUT2D eigenvalue weighted by molar-refractivity contribution is 0.102. The summed E-state index contributed by atoms with van der Waals surface area (Å²) in [7, 11) is -3.63. The molecule has 1 N–H and O–H groups in total. The van der Waals surface area contributed by atoms with E-state index in [1.54, 1.807) is 32.2 Å². The Labute approximate surface area is 146 Å². The third-order valence-corrected chi connectivity index (χ3v) is 5.83. The van der Waals surface area contributed by atoms with Gasteiger partial charge in [-0.1, -0.05) is 25.4 Å². The summed E-state index contributed by atoms with van der Waals surface area (Å²) in [6.07, 6.45) is 2.97. The van der Waals surface area contributed by atoms with Gasteiger partial charge >= 0.3 is 0 Å². The molecule has 0 aliphatic rings. The van der Waals surface area contributed by atoms with Crippen LogP contribution in [0.1, 0.15) is 24.2 Å². The van der Waals surface area contributed by atoms with E-state index >= 15 is 0 Å². The first-order chi connectivity index (χ1) is 11.4. The van der Waals surface area contributed by atoms with Crippen molar-refractivity contribution in [3.63, 3.8) is 0 Å². The zero-order valence-electron chi connectivity index (χ0n) is 13.4. The highest BCUT2D eigenvalue weighted by atomic mass is 35.5. The first-order valence-electron chi connectivity index (χ1n) is 7.41. The van der Waals surface area contributed by atoms with Crippen LogP contribution in [-0.2, 0) is 10.0 Å². The number of nitrogens with zero attached hydrogens (tertiary/aromatic N) is 2. The lowest BCUT2D eigenvalue weighted by atomic mass is 10.2. The van der Waals surface area contributed by atoms with Gasteiger partial charge in [-0.05, 0) is 30.3 Å². The van der Waals surface area contributed by atoms with E-state index in [0.717, 1.165) is 0 Å². The Hall–Kier alpha value is -1.96. The van der Waals surface area contributed by atoms with Crippen LogP contribution in [0.25, 0.3) is 0 Å². The minimum absolute atomic E-state index is 0.0806. The van der Waals surface area contributed by atoms with Crippen LogP contribution in [0.3, 0.4) is 0 Å². The van der Waals surface area contributed by atoms with Crippen molar-refractivity contribution >= 4 is 33.2 Å². The summed E-state index contributed by atoms with van der Waals surface area (Å²) in [5.41, 5.74) is 0.587. The predicted octanol–water partition coefficient (Wildman–Crippen LogP) is 3.02. The molecular formula is C16H18ClN3O3S. The summed E-state index contributed by atoms with van der Waals surface area (Å²) in [5, 5.41) is 2.88. The summed E-state index contributed by atoms with van der Waals surface area (Å²) < 4.78 is 26.5. The first kappa shape index (κ1) is 18.4. The Morgan fingerprint density at radius 2 is 1.96 bits per heavy atom. The molecule has 0 bridgehead atoms. The minimum Gasteiger partial charge on any atom is -0.321 e. The van der Waals surface area contributed by atoms with Gasteiger partial charge in [-0.15, -0.1) is 0 Å². The van der Waals surface area contributed by atoms with Crippen molar-refractivity contribution in [2.75, 3.05) is 18.4 Å². The van der Waals surface area contributed by atoms with Crippen LogP contribution >= 0.6 is 11.6 Å². The van der Waals surface area contributed by atoms with Gasteiger partial charge in [-0.3, -0.25) is 9.78 Å². The van der Waals surface area contributed by atoms with Crippen LogP contribution < -0.4 is 5.32 Å². The maximum absolute atomic E-state index is 12.6. The molecule has 0 unspecified atom stereocenters. The molecule has 6 nitrogen and oxygen atoms in total. The largest absolute Gasteiger partial charge is 0.321 e. The van der Waals surface area contributed by atoms with Crippen molar-refractivity contribution in [1.82, 2.24) is 9.29 Å². The highest BCUT2D eigenvalue weighted by Crippen LogP contribution is 2.27. The van der Waals surface area contributed by atoms with Gasteiger partial charge in [0.15, 0.2) is 0 Å². The van der Waals surface area contributed by atoms with E-state index in [4.69, 9.17) is 11.6 Å². The third-order valence-electron chi connectivity index (χ3n) is 3.45. The smallest absolute Gasteiger partial charge is 0.257 e. The number of pyridine rings is 1. The van der Waals surface area contributed by atoms with Crippen molar-refractivity contribution in [3.05, 3.63) is 53.3 Å². The second-order valence-corrected chi connectivity index (χ2v) is 7.27. The summed E-state index contributed by atoms with van der Waals surface area (Å²) >= 11 is 6.09. The van der Waals surface area contributed by atoms with Gasteiger partial charge in [0.1, 0.15) is 0 Å². The van der Waals surface area contributed by atoms with Gasteiger partial charge in [0, 0.05) is 25.5 Å². The molecule has 1 aromatic carbocycles. The molecule has 2 aromatic rings. The van der Waals surface area contributed by atoms with Crippen LogP contribution in [0.4, 0.5) is 5.69 Å². The monoisotopic (exact) mass is 367 g/mol. The summed E-state index contributed by atoms with van der Waals surface area (Å²) in [6.45, 7) is 4.25. The molecule has 0 radical (unpaired) electrons. The van der Waals surface area contributed by atoms with E-state index in [9.17, 15) is 13.2 Å². The Balaban J connectivity index is 2.34. The maximum Gasteiger partial charge on any atom is 0.257 e. The molecule has 0 saturated heterocycles. The van der Waals surface area contributed by atoms with Crippen LogP contribution in [0.5, 0.6) is 0 Å². The first-order valence-corrected chi connectivity index (χ1v) is 9.23. The zero-order valence-corrected chi connectivity index (χ0v) is 14.9. The number of rotatable bonds is 6. The molecule has 0 atom stereocenters. The normalized spacial score (nSPS) is 11.5. The quantitative estimate of drug-likeness (QED) is 0.851. The number of carbonyl (C=O) groups is 1. The topological polar surface area (TPSA) is 79.4 Å². The average Bonchev–Trinajstić information content (AvgIpc) is 2.58. The number of carbonyl (C=O) groups excluding carboxylic acids is 1. The van der Waals surface area contributed by atoms with E-state index < -0.39 is 15.9 Å². The molecule has 1 aromatic heterocycles. The predicted molar refractivity (Wildman–Crippen MR) is 93.7 cm³/mol. The second kappa shape index (κ2) is 7.74. The zero-order chi connectivity index (χ0) is 17.7. The molecule has 2 rings (SSSR count). The molecule has 0 aliphatic heterocycles. The highest BCUT2D eigenvalue weighted by molar-refractivity contribution is 7.89. The van der Waals surface area contributed by atoms with Crippen LogP contribution in [0.15, 0.2) is 47.6 Å². The second-order valence-electron chi connectivity index (χ2n) is 4.93. The minimum atomic E-state index is -3.63. The fourth-order valence-electron chi connectivity index (χ4n) is 2.16. The molecule has 0 saturated carbocycles. The molecular weight excluding hydrogens is 350 g/mol.